The number of nitrogens with zero attached hydrogens (tertiary/aromatic N) is 2. The second-order valence-electron chi connectivity index (χ2n) is 17.1. The summed E-state index contributed by atoms with van der Waals surface area (Å²) in [6.45, 7) is 11.6. The molecular weight excluding hydrogens is 729 g/mol. The number of hydrogen-bond acceptors (Lipinski definition) is 3. The summed E-state index contributed by atoms with van der Waals surface area (Å²) in [5.74, 6) is 1.04. The van der Waals surface area contributed by atoms with E-state index in [1.807, 2.05) is 12.1 Å². The normalized spacial score (nSPS) is 15.1. The topological polar surface area (TPSA) is 37.9 Å². The number of furan rings is 1. The quantitative estimate of drug-likeness (QED) is 0.144. The highest BCUT2D eigenvalue weighted by Gasteiger charge is 2.36. The molecule has 0 spiro atoms. The molecule has 1 unspecified atom stereocenters. The van der Waals surface area contributed by atoms with Crippen molar-refractivity contribution in [2.24, 2.45) is 9.98 Å². The SMILES string of the molecule is CCC1=C(c2cccc3oc4ccccc4c23)N=C(c2cccc(C(CC)Cc3ccccc3-c3cc4c(cc3C)C(C)(C)c3ccccc3-4)c2)N=C(c2ccccc2)C1. The molecule has 0 fully saturated rings. The number of hydrogen-bond donors (Lipinski definition) is 0. The van der Waals surface area contributed by atoms with Crippen LogP contribution in [0, 0.1) is 6.92 Å². The van der Waals surface area contributed by atoms with Gasteiger partial charge in [-0.1, -0.05) is 161 Å². The van der Waals surface area contributed by atoms with E-state index in [1.54, 1.807) is 0 Å². The number of amidine groups is 1. The van der Waals surface area contributed by atoms with Gasteiger partial charge in [-0.3, -0.25) is 0 Å². The second kappa shape index (κ2) is 15.2. The molecule has 2 heterocycles. The molecule has 10 rings (SSSR count). The maximum absolute atomic E-state index is 6.37. The molecule has 1 aromatic heterocycles. The number of benzene rings is 7. The Balaban J connectivity index is 1.06. The summed E-state index contributed by atoms with van der Waals surface area (Å²) in [4.78, 5) is 11.0. The fraction of sp³-hybridized carbons (Fsp3) is 0.193. The molecule has 3 nitrogen and oxygen atoms in total. The lowest BCUT2D eigenvalue weighted by Gasteiger charge is -2.23. The maximum Gasteiger partial charge on any atom is 0.160 e. The molecule has 294 valence electrons. The van der Waals surface area contributed by atoms with Gasteiger partial charge in [0.25, 0.3) is 0 Å². The minimum Gasteiger partial charge on any atom is -0.456 e. The van der Waals surface area contributed by atoms with Crippen molar-refractivity contribution in [3.63, 3.8) is 0 Å². The minimum absolute atomic E-state index is 0.0176. The fourth-order valence-electron chi connectivity index (χ4n) is 9.91. The van der Waals surface area contributed by atoms with Gasteiger partial charge in [0.15, 0.2) is 5.84 Å². The van der Waals surface area contributed by atoms with Crippen molar-refractivity contribution in [1.82, 2.24) is 0 Å². The lowest BCUT2D eigenvalue weighted by atomic mass is 9.80. The third-order valence-electron chi connectivity index (χ3n) is 13.2. The van der Waals surface area contributed by atoms with Gasteiger partial charge in [0.05, 0.1) is 11.4 Å². The molecule has 1 atom stereocenters. The van der Waals surface area contributed by atoms with Crippen LogP contribution < -0.4 is 0 Å². The van der Waals surface area contributed by atoms with Crippen LogP contribution in [0.4, 0.5) is 0 Å². The van der Waals surface area contributed by atoms with Crippen LogP contribution in [0.5, 0.6) is 0 Å². The van der Waals surface area contributed by atoms with E-state index in [0.29, 0.717) is 12.3 Å². The van der Waals surface area contributed by atoms with Crippen molar-refractivity contribution in [3.05, 3.63) is 208 Å². The molecule has 7 aromatic carbocycles. The zero-order valence-corrected chi connectivity index (χ0v) is 35.2. The molecule has 0 N–H and O–H groups in total. The lowest BCUT2D eigenvalue weighted by molar-refractivity contribution is 0.659. The summed E-state index contributed by atoms with van der Waals surface area (Å²) in [6.07, 6.45) is 3.51. The monoisotopic (exact) mass is 778 g/mol. The van der Waals surface area contributed by atoms with Crippen molar-refractivity contribution in [2.45, 2.75) is 71.6 Å². The zero-order chi connectivity index (χ0) is 41.0. The van der Waals surface area contributed by atoms with Crippen molar-refractivity contribution >= 4 is 39.2 Å². The van der Waals surface area contributed by atoms with Crippen LogP contribution in [0.25, 0.3) is 49.9 Å². The van der Waals surface area contributed by atoms with Crippen LogP contribution in [-0.4, -0.2) is 11.5 Å². The number of aliphatic imine (C=N–C) groups is 2. The van der Waals surface area contributed by atoms with Gasteiger partial charge in [-0.25, -0.2) is 9.98 Å². The maximum atomic E-state index is 6.37. The van der Waals surface area contributed by atoms with E-state index < -0.39 is 0 Å². The summed E-state index contributed by atoms with van der Waals surface area (Å²) < 4.78 is 6.37. The highest BCUT2D eigenvalue weighted by molar-refractivity contribution is 6.18. The second-order valence-corrected chi connectivity index (χ2v) is 17.1. The fourth-order valence-corrected chi connectivity index (χ4v) is 9.91. The molecule has 60 heavy (non-hydrogen) atoms. The largest absolute Gasteiger partial charge is 0.456 e. The van der Waals surface area contributed by atoms with E-state index in [9.17, 15) is 0 Å². The standard InChI is InChI=1S/C57H50N2O/c1-6-37(32-41-21-11-12-24-43(41)47-35-48-44-25-13-15-28-49(44)57(4,5)50(48)31-36(47)3)40-22-17-23-42(33-40)56-58-51(39-19-9-8-10-20-39)34-38(7-2)55(59-56)46-27-18-30-53-54(46)45-26-14-16-29-52(45)60-53/h8-31,33,35,37H,6-7,32,34H2,1-5H3. The van der Waals surface area contributed by atoms with Crippen molar-refractivity contribution in [2.75, 3.05) is 0 Å². The van der Waals surface area contributed by atoms with Gasteiger partial charge >= 0.3 is 0 Å². The zero-order valence-electron chi connectivity index (χ0n) is 35.2. The summed E-state index contributed by atoms with van der Waals surface area (Å²) in [5, 5.41) is 2.21. The summed E-state index contributed by atoms with van der Waals surface area (Å²) in [7, 11) is 0. The third kappa shape index (κ3) is 6.44. The Morgan fingerprint density at radius 3 is 2.13 bits per heavy atom. The van der Waals surface area contributed by atoms with E-state index >= 15 is 0 Å². The third-order valence-corrected chi connectivity index (χ3v) is 13.2. The van der Waals surface area contributed by atoms with Crippen LogP contribution >= 0.6 is 0 Å². The predicted octanol–water partition coefficient (Wildman–Crippen LogP) is 15.1. The predicted molar refractivity (Wildman–Crippen MR) is 252 cm³/mol. The number of aryl methyl sites for hydroxylation is 1. The van der Waals surface area contributed by atoms with Gasteiger partial charge in [-0.15, -0.1) is 0 Å². The van der Waals surface area contributed by atoms with Crippen LogP contribution in [-0.2, 0) is 11.8 Å². The smallest absolute Gasteiger partial charge is 0.160 e. The molecule has 0 saturated carbocycles. The van der Waals surface area contributed by atoms with Gasteiger partial charge in [-0.05, 0) is 118 Å². The Morgan fingerprint density at radius 1 is 0.600 bits per heavy atom. The molecule has 8 aromatic rings. The Bertz CT molecular complexity index is 3050. The van der Waals surface area contributed by atoms with Crippen molar-refractivity contribution in [3.8, 4) is 22.3 Å². The molecule has 2 aliphatic rings. The molecule has 0 amide bonds. The Morgan fingerprint density at radius 2 is 1.30 bits per heavy atom. The van der Waals surface area contributed by atoms with E-state index in [2.05, 4.69) is 180 Å². The van der Waals surface area contributed by atoms with Gasteiger partial charge in [0.1, 0.15) is 11.2 Å². The first-order valence-corrected chi connectivity index (χ1v) is 21.6. The first kappa shape index (κ1) is 37.7. The summed E-state index contributed by atoms with van der Waals surface area (Å²) in [5.41, 5.74) is 20.5. The molecule has 0 radical (unpaired) electrons. The minimum atomic E-state index is -0.0176. The van der Waals surface area contributed by atoms with Gasteiger partial charge < -0.3 is 4.42 Å². The van der Waals surface area contributed by atoms with Crippen molar-refractivity contribution < 1.29 is 4.42 Å². The van der Waals surface area contributed by atoms with Crippen LogP contribution in [0.3, 0.4) is 0 Å². The average molecular weight is 779 g/mol. The summed E-state index contributed by atoms with van der Waals surface area (Å²) in [6, 6.07) is 57.2. The molecule has 1 aliphatic carbocycles. The molecule has 0 saturated heterocycles. The number of para-hydroxylation sites is 1. The average Bonchev–Trinajstić information content (AvgIpc) is 3.68. The van der Waals surface area contributed by atoms with Gasteiger partial charge in [0, 0.05) is 33.7 Å². The van der Waals surface area contributed by atoms with E-state index in [-0.39, 0.29) is 5.41 Å². The first-order valence-electron chi connectivity index (χ1n) is 21.6. The Hall–Kier alpha value is -6.58. The number of fused-ring (bicyclic) bond motifs is 6. The van der Waals surface area contributed by atoms with Crippen LogP contribution in [0.2, 0.25) is 0 Å². The number of allylic oxidation sites excluding steroid dienone is 1. The molecular formula is C57H50N2O. The van der Waals surface area contributed by atoms with Crippen LogP contribution in [0.1, 0.15) is 97.4 Å². The first-order chi connectivity index (χ1) is 29.3. The Kier molecular flexibility index (Phi) is 9.56. The Labute approximate surface area is 353 Å². The van der Waals surface area contributed by atoms with E-state index in [4.69, 9.17) is 14.4 Å². The van der Waals surface area contributed by atoms with Crippen molar-refractivity contribution in [1.29, 1.82) is 0 Å². The lowest BCUT2D eigenvalue weighted by Crippen LogP contribution is -2.15. The van der Waals surface area contributed by atoms with Crippen LogP contribution in [0.15, 0.2) is 178 Å². The molecule has 0 bridgehead atoms. The number of rotatable bonds is 9. The van der Waals surface area contributed by atoms with Gasteiger partial charge in [-0.2, -0.15) is 0 Å². The highest BCUT2D eigenvalue weighted by atomic mass is 16.3. The highest BCUT2D eigenvalue weighted by Crippen LogP contribution is 2.50. The van der Waals surface area contributed by atoms with E-state index in [0.717, 1.165) is 75.1 Å². The van der Waals surface area contributed by atoms with Gasteiger partial charge in [0.2, 0.25) is 0 Å². The van der Waals surface area contributed by atoms with E-state index in [1.165, 1.54) is 55.6 Å². The molecule has 3 heteroatoms. The molecule has 1 aliphatic heterocycles. The summed E-state index contributed by atoms with van der Waals surface area (Å²) >= 11 is 0.